The molecule has 1 saturated heterocycles. The van der Waals surface area contributed by atoms with Crippen molar-refractivity contribution in [1.29, 1.82) is 0 Å². The van der Waals surface area contributed by atoms with E-state index >= 15 is 0 Å². The molecular formula is C18H18Cl2N2O2. The lowest BCUT2D eigenvalue weighted by Gasteiger charge is -2.37. The Balaban J connectivity index is 2.01. The first-order valence-electron chi connectivity index (χ1n) is 7.88. The summed E-state index contributed by atoms with van der Waals surface area (Å²) in [6.45, 7) is 1.32. The van der Waals surface area contributed by atoms with Crippen molar-refractivity contribution in [2.75, 3.05) is 13.1 Å². The number of aromatic nitrogens is 1. The summed E-state index contributed by atoms with van der Waals surface area (Å²) < 4.78 is 0. The number of carbonyl (C=O) groups is 1. The topological polar surface area (TPSA) is 53.4 Å². The lowest BCUT2D eigenvalue weighted by atomic mass is 9.92. The average Bonchev–Trinajstić information content (AvgIpc) is 2.58. The number of carboxylic acids is 1. The Morgan fingerprint density at radius 3 is 2.83 bits per heavy atom. The van der Waals surface area contributed by atoms with Gasteiger partial charge in [0.05, 0.1) is 12.0 Å². The van der Waals surface area contributed by atoms with E-state index in [0.717, 1.165) is 24.1 Å². The minimum absolute atomic E-state index is 0.134. The molecular weight excluding hydrogens is 347 g/mol. The normalized spacial score (nSPS) is 19.8. The van der Waals surface area contributed by atoms with Crippen LogP contribution in [0, 0.1) is 5.92 Å². The Morgan fingerprint density at radius 2 is 2.17 bits per heavy atom. The highest BCUT2D eigenvalue weighted by Gasteiger charge is 2.32. The molecule has 1 N–H and O–H groups in total. The zero-order chi connectivity index (χ0) is 17.1. The van der Waals surface area contributed by atoms with Crippen LogP contribution in [0.3, 0.4) is 0 Å². The number of nitrogens with zero attached hydrogens (tertiary/aromatic N) is 2. The van der Waals surface area contributed by atoms with Crippen molar-refractivity contribution in [1.82, 2.24) is 9.88 Å². The van der Waals surface area contributed by atoms with Crippen LogP contribution in [0.25, 0.3) is 0 Å². The zero-order valence-corrected chi connectivity index (χ0v) is 14.5. The van der Waals surface area contributed by atoms with Gasteiger partial charge in [-0.3, -0.25) is 14.7 Å². The summed E-state index contributed by atoms with van der Waals surface area (Å²) in [4.78, 5) is 17.8. The van der Waals surface area contributed by atoms with Crippen LogP contribution in [0.2, 0.25) is 10.0 Å². The molecule has 1 aromatic carbocycles. The molecule has 1 aliphatic rings. The van der Waals surface area contributed by atoms with E-state index in [1.807, 2.05) is 24.3 Å². The second-order valence-corrected chi connectivity index (χ2v) is 6.87. The molecule has 1 aliphatic heterocycles. The lowest BCUT2D eigenvalue weighted by molar-refractivity contribution is -0.143. The maximum atomic E-state index is 11.4. The van der Waals surface area contributed by atoms with Crippen molar-refractivity contribution < 1.29 is 9.90 Å². The maximum Gasteiger partial charge on any atom is 0.307 e. The van der Waals surface area contributed by atoms with E-state index in [1.165, 1.54) is 0 Å². The maximum absolute atomic E-state index is 11.4. The third kappa shape index (κ3) is 3.72. The fraction of sp³-hybridized carbons (Fsp3) is 0.333. The number of piperidine rings is 1. The van der Waals surface area contributed by atoms with Crippen LogP contribution < -0.4 is 0 Å². The van der Waals surface area contributed by atoms with Crippen LogP contribution in [0.15, 0.2) is 42.7 Å². The fourth-order valence-corrected chi connectivity index (χ4v) is 3.80. The first kappa shape index (κ1) is 17.2. The Kier molecular flexibility index (Phi) is 5.39. The molecule has 0 bridgehead atoms. The minimum Gasteiger partial charge on any atom is -0.481 e. The summed E-state index contributed by atoms with van der Waals surface area (Å²) in [5, 5.41) is 10.5. The minimum atomic E-state index is -0.744. The van der Waals surface area contributed by atoms with E-state index in [2.05, 4.69) is 9.88 Å². The highest BCUT2D eigenvalue weighted by Crippen LogP contribution is 2.36. The number of pyridine rings is 1. The van der Waals surface area contributed by atoms with Gasteiger partial charge in [-0.05, 0) is 48.7 Å². The number of aliphatic carboxylic acids is 1. The fourth-order valence-electron chi connectivity index (χ4n) is 3.29. The van der Waals surface area contributed by atoms with Gasteiger partial charge >= 0.3 is 5.97 Å². The van der Waals surface area contributed by atoms with Crippen molar-refractivity contribution in [2.45, 2.75) is 18.9 Å². The molecule has 0 saturated carbocycles. The molecule has 3 rings (SSSR count). The standard InChI is InChI=1S/C18H18Cl2N2O2/c19-14-5-6-15(16(20)9-14)17(12-3-1-7-21-10-12)22-8-2-4-13(11-22)18(23)24/h1,3,5-7,9-10,13,17H,2,4,8,11H2,(H,23,24). The molecule has 0 radical (unpaired) electrons. The molecule has 4 nitrogen and oxygen atoms in total. The smallest absolute Gasteiger partial charge is 0.307 e. The third-order valence-corrected chi connectivity index (χ3v) is 4.99. The Labute approximate surface area is 151 Å². The molecule has 2 unspecified atom stereocenters. The van der Waals surface area contributed by atoms with E-state index in [0.29, 0.717) is 23.0 Å². The highest BCUT2D eigenvalue weighted by molar-refractivity contribution is 6.35. The summed E-state index contributed by atoms with van der Waals surface area (Å²) in [6.07, 6.45) is 5.08. The summed E-state index contributed by atoms with van der Waals surface area (Å²) in [7, 11) is 0. The molecule has 0 aliphatic carbocycles. The first-order chi connectivity index (χ1) is 11.6. The highest BCUT2D eigenvalue weighted by atomic mass is 35.5. The second-order valence-electron chi connectivity index (χ2n) is 6.03. The average molecular weight is 365 g/mol. The molecule has 0 amide bonds. The van der Waals surface area contributed by atoms with Crippen molar-refractivity contribution in [3.63, 3.8) is 0 Å². The predicted octanol–water partition coefficient (Wildman–Crippen LogP) is 4.27. The van der Waals surface area contributed by atoms with Crippen molar-refractivity contribution >= 4 is 29.2 Å². The van der Waals surface area contributed by atoms with Gasteiger partial charge in [0.2, 0.25) is 0 Å². The van der Waals surface area contributed by atoms with Gasteiger partial charge in [0, 0.05) is 29.0 Å². The molecule has 24 heavy (non-hydrogen) atoms. The second kappa shape index (κ2) is 7.51. The SMILES string of the molecule is O=C(O)C1CCCN(C(c2cccnc2)c2ccc(Cl)cc2Cl)C1. The molecule has 2 atom stereocenters. The molecule has 2 heterocycles. The van der Waals surface area contributed by atoms with Crippen LogP contribution in [-0.4, -0.2) is 34.0 Å². The van der Waals surface area contributed by atoms with Crippen molar-refractivity contribution in [3.8, 4) is 0 Å². The summed E-state index contributed by atoms with van der Waals surface area (Å²) in [5.41, 5.74) is 1.91. The summed E-state index contributed by atoms with van der Waals surface area (Å²) in [6, 6.07) is 9.18. The lowest BCUT2D eigenvalue weighted by Crippen LogP contribution is -2.41. The third-order valence-electron chi connectivity index (χ3n) is 4.42. The van der Waals surface area contributed by atoms with Gasteiger partial charge in [-0.15, -0.1) is 0 Å². The van der Waals surface area contributed by atoms with Crippen LogP contribution in [0.1, 0.15) is 30.0 Å². The van der Waals surface area contributed by atoms with Gasteiger partial charge in [0.15, 0.2) is 0 Å². The van der Waals surface area contributed by atoms with E-state index in [9.17, 15) is 9.90 Å². The Morgan fingerprint density at radius 1 is 1.33 bits per heavy atom. The Bertz CT molecular complexity index is 724. The number of halogens is 2. The molecule has 126 valence electrons. The van der Waals surface area contributed by atoms with Crippen LogP contribution in [0.4, 0.5) is 0 Å². The Hall–Kier alpha value is -1.62. The first-order valence-corrected chi connectivity index (χ1v) is 8.63. The van der Waals surface area contributed by atoms with Gasteiger partial charge in [-0.2, -0.15) is 0 Å². The molecule has 1 fully saturated rings. The number of benzene rings is 1. The van der Waals surface area contributed by atoms with E-state index in [-0.39, 0.29) is 12.0 Å². The molecule has 1 aromatic heterocycles. The van der Waals surface area contributed by atoms with Gasteiger partial charge < -0.3 is 5.11 Å². The van der Waals surface area contributed by atoms with Crippen LogP contribution in [-0.2, 0) is 4.79 Å². The van der Waals surface area contributed by atoms with E-state index in [1.54, 1.807) is 18.5 Å². The van der Waals surface area contributed by atoms with Gasteiger partial charge in [0.1, 0.15) is 0 Å². The van der Waals surface area contributed by atoms with E-state index in [4.69, 9.17) is 23.2 Å². The zero-order valence-electron chi connectivity index (χ0n) is 13.0. The number of hydrogen-bond donors (Lipinski definition) is 1. The monoisotopic (exact) mass is 364 g/mol. The molecule has 6 heteroatoms. The van der Waals surface area contributed by atoms with Crippen molar-refractivity contribution in [3.05, 3.63) is 63.9 Å². The quantitative estimate of drug-likeness (QED) is 0.879. The van der Waals surface area contributed by atoms with Crippen LogP contribution >= 0.6 is 23.2 Å². The molecule has 0 spiro atoms. The summed E-state index contributed by atoms with van der Waals surface area (Å²) in [5.74, 6) is -1.10. The van der Waals surface area contributed by atoms with Gasteiger partial charge in [0.25, 0.3) is 0 Å². The largest absolute Gasteiger partial charge is 0.481 e. The number of rotatable bonds is 4. The number of carboxylic acid groups (broad SMARTS) is 1. The number of hydrogen-bond acceptors (Lipinski definition) is 3. The van der Waals surface area contributed by atoms with Gasteiger partial charge in [-0.25, -0.2) is 0 Å². The van der Waals surface area contributed by atoms with Crippen LogP contribution in [0.5, 0.6) is 0 Å². The summed E-state index contributed by atoms with van der Waals surface area (Å²) >= 11 is 12.5. The van der Waals surface area contributed by atoms with Crippen molar-refractivity contribution in [2.24, 2.45) is 5.92 Å². The predicted molar refractivity (Wildman–Crippen MR) is 94.5 cm³/mol. The molecule has 2 aromatic rings. The van der Waals surface area contributed by atoms with Gasteiger partial charge in [-0.1, -0.05) is 35.3 Å². The number of likely N-dealkylation sites (tertiary alicyclic amines) is 1. The van der Waals surface area contributed by atoms with E-state index < -0.39 is 5.97 Å².